The van der Waals surface area contributed by atoms with Gasteiger partial charge in [-0.3, -0.25) is 4.98 Å². The van der Waals surface area contributed by atoms with E-state index in [1.165, 1.54) is 6.07 Å². The Labute approximate surface area is 130 Å². The van der Waals surface area contributed by atoms with Crippen molar-refractivity contribution < 1.29 is 18.3 Å². The fourth-order valence-corrected chi connectivity index (χ4v) is 2.41. The monoisotopic (exact) mass is 357 g/mol. The van der Waals surface area contributed by atoms with Crippen LogP contribution in [0.2, 0.25) is 0 Å². The van der Waals surface area contributed by atoms with E-state index < -0.39 is 11.6 Å². The molecule has 1 aromatic carbocycles. The van der Waals surface area contributed by atoms with Crippen LogP contribution >= 0.6 is 15.9 Å². The predicted octanol–water partition coefficient (Wildman–Crippen LogP) is 4.33. The van der Waals surface area contributed by atoms with E-state index in [1.807, 2.05) is 13.8 Å². The van der Waals surface area contributed by atoms with Crippen molar-refractivity contribution in [2.45, 2.75) is 20.5 Å². The molecule has 0 aliphatic heterocycles. The summed E-state index contributed by atoms with van der Waals surface area (Å²) in [5.74, 6) is -1.44. The second-order valence-electron chi connectivity index (χ2n) is 4.53. The average molecular weight is 358 g/mol. The molecule has 2 rings (SSSR count). The van der Waals surface area contributed by atoms with Gasteiger partial charge in [0.1, 0.15) is 12.4 Å². The average Bonchev–Trinajstić information content (AvgIpc) is 2.43. The Bertz CT molecular complexity index is 677. The third-order valence-electron chi connectivity index (χ3n) is 3.07. The quantitative estimate of drug-likeness (QED) is 0.763. The first kappa shape index (κ1) is 15.7. The SMILES string of the molecule is COc1c(C)cnc(COc2cc(Br)cc(F)c2F)c1C. The molecular formula is C15H14BrF2NO2. The number of ether oxygens (including phenoxy) is 2. The molecule has 0 aliphatic rings. The van der Waals surface area contributed by atoms with E-state index in [0.717, 1.165) is 17.2 Å². The van der Waals surface area contributed by atoms with Crippen molar-refractivity contribution in [3.05, 3.63) is 51.3 Å². The Morgan fingerprint density at radius 1 is 1.24 bits per heavy atom. The molecule has 0 bridgehead atoms. The van der Waals surface area contributed by atoms with Gasteiger partial charge in [-0.1, -0.05) is 15.9 Å². The normalized spacial score (nSPS) is 10.6. The van der Waals surface area contributed by atoms with Crippen LogP contribution in [0.5, 0.6) is 11.5 Å². The van der Waals surface area contributed by atoms with Crippen molar-refractivity contribution in [2.75, 3.05) is 7.11 Å². The third-order valence-corrected chi connectivity index (χ3v) is 3.53. The lowest BCUT2D eigenvalue weighted by molar-refractivity contribution is 0.278. The minimum atomic E-state index is -1.02. The van der Waals surface area contributed by atoms with E-state index >= 15 is 0 Å². The molecule has 0 unspecified atom stereocenters. The summed E-state index contributed by atoms with van der Waals surface area (Å²) in [5.41, 5.74) is 2.32. The summed E-state index contributed by atoms with van der Waals surface area (Å²) in [6.45, 7) is 3.75. The minimum Gasteiger partial charge on any atom is -0.496 e. The zero-order chi connectivity index (χ0) is 15.6. The van der Waals surface area contributed by atoms with Crippen molar-refractivity contribution in [1.29, 1.82) is 0 Å². The van der Waals surface area contributed by atoms with Crippen molar-refractivity contribution in [3.8, 4) is 11.5 Å². The van der Waals surface area contributed by atoms with Gasteiger partial charge >= 0.3 is 0 Å². The van der Waals surface area contributed by atoms with Crippen molar-refractivity contribution in [3.63, 3.8) is 0 Å². The second kappa shape index (κ2) is 6.39. The van der Waals surface area contributed by atoms with Crippen LogP contribution < -0.4 is 9.47 Å². The molecule has 0 spiro atoms. The highest BCUT2D eigenvalue weighted by atomic mass is 79.9. The predicted molar refractivity (Wildman–Crippen MR) is 78.7 cm³/mol. The fourth-order valence-electron chi connectivity index (χ4n) is 2.00. The highest BCUT2D eigenvalue weighted by Crippen LogP contribution is 2.28. The molecule has 0 N–H and O–H groups in total. The third kappa shape index (κ3) is 3.32. The van der Waals surface area contributed by atoms with Gasteiger partial charge in [0.2, 0.25) is 5.82 Å². The molecule has 0 aliphatic carbocycles. The van der Waals surface area contributed by atoms with E-state index in [1.54, 1.807) is 13.3 Å². The van der Waals surface area contributed by atoms with Crippen LogP contribution in [0.1, 0.15) is 16.8 Å². The van der Waals surface area contributed by atoms with E-state index in [-0.39, 0.29) is 12.4 Å². The summed E-state index contributed by atoms with van der Waals surface area (Å²) >= 11 is 3.10. The number of aromatic nitrogens is 1. The first-order valence-corrected chi connectivity index (χ1v) is 6.99. The van der Waals surface area contributed by atoms with Gasteiger partial charge in [0.15, 0.2) is 11.6 Å². The van der Waals surface area contributed by atoms with Gasteiger partial charge in [-0.05, 0) is 26.0 Å². The molecule has 0 radical (unpaired) electrons. The molecule has 112 valence electrons. The highest BCUT2D eigenvalue weighted by molar-refractivity contribution is 9.10. The van der Waals surface area contributed by atoms with Gasteiger partial charge in [0.05, 0.1) is 12.8 Å². The lowest BCUT2D eigenvalue weighted by Crippen LogP contribution is -2.05. The molecule has 21 heavy (non-hydrogen) atoms. The van der Waals surface area contributed by atoms with E-state index in [4.69, 9.17) is 9.47 Å². The molecule has 3 nitrogen and oxygen atoms in total. The van der Waals surface area contributed by atoms with Crippen LogP contribution in [-0.4, -0.2) is 12.1 Å². The topological polar surface area (TPSA) is 31.4 Å². The number of methoxy groups -OCH3 is 1. The molecule has 0 atom stereocenters. The van der Waals surface area contributed by atoms with Gasteiger partial charge < -0.3 is 9.47 Å². The molecule has 0 fully saturated rings. The molecule has 1 aromatic heterocycles. The number of pyridine rings is 1. The maximum Gasteiger partial charge on any atom is 0.200 e. The number of aryl methyl sites for hydroxylation is 1. The number of hydrogen-bond acceptors (Lipinski definition) is 3. The Morgan fingerprint density at radius 3 is 2.62 bits per heavy atom. The lowest BCUT2D eigenvalue weighted by atomic mass is 10.1. The summed E-state index contributed by atoms with van der Waals surface area (Å²) < 4.78 is 38.0. The van der Waals surface area contributed by atoms with E-state index in [2.05, 4.69) is 20.9 Å². The molecule has 0 saturated carbocycles. The van der Waals surface area contributed by atoms with Gasteiger partial charge in [-0.2, -0.15) is 4.39 Å². The minimum absolute atomic E-state index is 0.0231. The molecule has 2 aromatic rings. The molecule has 1 heterocycles. The number of halogens is 3. The molecule has 6 heteroatoms. The van der Waals surface area contributed by atoms with E-state index in [9.17, 15) is 8.78 Å². The maximum absolute atomic E-state index is 13.6. The van der Waals surface area contributed by atoms with Crippen LogP contribution in [0.25, 0.3) is 0 Å². The fraction of sp³-hybridized carbons (Fsp3) is 0.267. The number of benzene rings is 1. The molecule has 0 amide bonds. The largest absolute Gasteiger partial charge is 0.496 e. The van der Waals surface area contributed by atoms with Crippen molar-refractivity contribution in [1.82, 2.24) is 4.98 Å². The second-order valence-corrected chi connectivity index (χ2v) is 5.45. The van der Waals surface area contributed by atoms with Crippen LogP contribution in [0.15, 0.2) is 22.8 Å². The highest BCUT2D eigenvalue weighted by Gasteiger charge is 2.14. The summed E-state index contributed by atoms with van der Waals surface area (Å²) in [4.78, 5) is 4.24. The Morgan fingerprint density at radius 2 is 1.95 bits per heavy atom. The number of nitrogens with zero attached hydrogens (tertiary/aromatic N) is 1. The van der Waals surface area contributed by atoms with Crippen molar-refractivity contribution >= 4 is 15.9 Å². The zero-order valence-electron chi connectivity index (χ0n) is 11.8. The van der Waals surface area contributed by atoms with Gasteiger partial charge in [0.25, 0.3) is 0 Å². The van der Waals surface area contributed by atoms with Crippen LogP contribution in [0.3, 0.4) is 0 Å². The Balaban J connectivity index is 2.25. The summed E-state index contributed by atoms with van der Waals surface area (Å²) in [5, 5.41) is 0. The maximum atomic E-state index is 13.6. The van der Waals surface area contributed by atoms with Gasteiger partial charge in [-0.25, -0.2) is 4.39 Å². The van der Waals surface area contributed by atoms with Crippen LogP contribution in [-0.2, 0) is 6.61 Å². The van der Waals surface area contributed by atoms with Crippen LogP contribution in [0.4, 0.5) is 8.78 Å². The first-order chi connectivity index (χ1) is 9.93. The van der Waals surface area contributed by atoms with Crippen molar-refractivity contribution in [2.24, 2.45) is 0 Å². The summed E-state index contributed by atoms with van der Waals surface area (Å²) in [6.07, 6.45) is 1.66. The standard InChI is InChI=1S/C15H14BrF2NO2/c1-8-6-19-12(9(2)15(8)20-3)7-21-13-5-10(16)4-11(17)14(13)18/h4-6H,7H2,1-3H3. The summed E-state index contributed by atoms with van der Waals surface area (Å²) in [7, 11) is 1.57. The smallest absolute Gasteiger partial charge is 0.200 e. The van der Waals surface area contributed by atoms with Gasteiger partial charge in [-0.15, -0.1) is 0 Å². The van der Waals surface area contributed by atoms with Gasteiger partial charge in [0, 0.05) is 21.8 Å². The summed E-state index contributed by atoms with van der Waals surface area (Å²) in [6, 6.07) is 2.42. The Kier molecular flexibility index (Phi) is 4.77. The molecule has 0 saturated heterocycles. The number of hydrogen-bond donors (Lipinski definition) is 0. The lowest BCUT2D eigenvalue weighted by Gasteiger charge is -2.13. The first-order valence-electron chi connectivity index (χ1n) is 6.20. The van der Waals surface area contributed by atoms with E-state index in [0.29, 0.717) is 15.9 Å². The Hall–Kier alpha value is -1.69. The zero-order valence-corrected chi connectivity index (χ0v) is 13.4. The number of rotatable bonds is 4. The van der Waals surface area contributed by atoms with Crippen LogP contribution in [0, 0.1) is 25.5 Å². The molecular weight excluding hydrogens is 344 g/mol.